The average Bonchev–Trinajstić information content (AvgIpc) is 2.62. The van der Waals surface area contributed by atoms with Gasteiger partial charge in [0, 0.05) is 30.7 Å². The lowest BCUT2D eigenvalue weighted by molar-refractivity contribution is 0.581. The summed E-state index contributed by atoms with van der Waals surface area (Å²) in [6.07, 6.45) is 5.05. The molecule has 116 valence electrons. The zero-order valence-corrected chi connectivity index (χ0v) is 13.1. The summed E-state index contributed by atoms with van der Waals surface area (Å²) in [6.45, 7) is 0.169. The van der Waals surface area contributed by atoms with Crippen molar-refractivity contribution >= 4 is 10.0 Å². The van der Waals surface area contributed by atoms with Crippen LogP contribution in [-0.2, 0) is 16.6 Å². The smallest absolute Gasteiger partial charge is 0.240 e. The van der Waals surface area contributed by atoms with Gasteiger partial charge in [0.1, 0.15) is 0 Å². The number of hydrogen-bond acceptors (Lipinski definition) is 4. The third-order valence-corrected chi connectivity index (χ3v) is 4.77. The van der Waals surface area contributed by atoms with E-state index < -0.39 is 10.0 Å². The zero-order chi connectivity index (χ0) is 16.1. The summed E-state index contributed by atoms with van der Waals surface area (Å²) in [5.74, 6) is 0. The molecule has 3 rings (SSSR count). The van der Waals surface area contributed by atoms with Crippen molar-refractivity contribution in [3.05, 3.63) is 78.8 Å². The molecule has 0 atom stereocenters. The molecule has 3 aromatic rings. The second-order valence-corrected chi connectivity index (χ2v) is 6.65. The molecule has 23 heavy (non-hydrogen) atoms. The molecule has 2 aromatic heterocycles. The lowest BCUT2D eigenvalue weighted by Crippen LogP contribution is -2.23. The van der Waals surface area contributed by atoms with E-state index in [2.05, 4.69) is 14.7 Å². The molecule has 5 nitrogen and oxygen atoms in total. The minimum Gasteiger partial charge on any atom is -0.265 e. The Labute approximate surface area is 135 Å². The Morgan fingerprint density at radius 2 is 1.61 bits per heavy atom. The van der Waals surface area contributed by atoms with Crippen LogP contribution in [0.15, 0.2) is 78.1 Å². The summed E-state index contributed by atoms with van der Waals surface area (Å²) in [5, 5.41) is 0. The fourth-order valence-corrected chi connectivity index (χ4v) is 3.23. The monoisotopic (exact) mass is 325 g/mol. The maximum absolute atomic E-state index is 12.3. The van der Waals surface area contributed by atoms with Crippen LogP contribution in [0.4, 0.5) is 0 Å². The second-order valence-electron chi connectivity index (χ2n) is 4.88. The Kier molecular flexibility index (Phi) is 4.45. The van der Waals surface area contributed by atoms with E-state index in [1.54, 1.807) is 55.0 Å². The van der Waals surface area contributed by atoms with Crippen molar-refractivity contribution in [1.29, 1.82) is 0 Å². The molecule has 0 unspecified atom stereocenters. The average molecular weight is 325 g/mol. The van der Waals surface area contributed by atoms with E-state index in [0.717, 1.165) is 16.8 Å². The summed E-state index contributed by atoms with van der Waals surface area (Å²) in [6, 6.07) is 15.6. The molecular formula is C17H15N3O2S. The second kappa shape index (κ2) is 6.68. The number of nitrogens with zero attached hydrogens (tertiary/aromatic N) is 2. The van der Waals surface area contributed by atoms with E-state index in [-0.39, 0.29) is 11.4 Å². The van der Waals surface area contributed by atoms with E-state index in [4.69, 9.17) is 0 Å². The van der Waals surface area contributed by atoms with Crippen molar-refractivity contribution in [2.75, 3.05) is 0 Å². The third-order valence-electron chi connectivity index (χ3n) is 3.35. The molecule has 0 saturated heterocycles. The van der Waals surface area contributed by atoms with Gasteiger partial charge in [-0.15, -0.1) is 0 Å². The lowest BCUT2D eigenvalue weighted by Gasteiger charge is -2.10. The minimum absolute atomic E-state index is 0.169. The number of sulfonamides is 1. The first-order valence-corrected chi connectivity index (χ1v) is 8.54. The Morgan fingerprint density at radius 1 is 0.870 bits per heavy atom. The molecule has 1 N–H and O–H groups in total. The van der Waals surface area contributed by atoms with Gasteiger partial charge in [-0.3, -0.25) is 9.97 Å². The largest absolute Gasteiger partial charge is 0.265 e. The van der Waals surface area contributed by atoms with Crippen LogP contribution < -0.4 is 4.72 Å². The SMILES string of the molecule is O=S(=O)(NCc1cccnc1-c1ccncc1)c1ccccc1. The van der Waals surface area contributed by atoms with Gasteiger partial charge >= 0.3 is 0 Å². The highest BCUT2D eigenvalue weighted by Gasteiger charge is 2.14. The van der Waals surface area contributed by atoms with Crippen molar-refractivity contribution in [1.82, 2.24) is 14.7 Å². The Bertz CT molecular complexity index is 882. The van der Waals surface area contributed by atoms with Crippen molar-refractivity contribution < 1.29 is 8.42 Å². The quantitative estimate of drug-likeness (QED) is 0.783. The number of rotatable bonds is 5. The predicted molar refractivity (Wildman–Crippen MR) is 87.9 cm³/mol. The van der Waals surface area contributed by atoms with Crippen molar-refractivity contribution in [3.63, 3.8) is 0 Å². The summed E-state index contributed by atoms with van der Waals surface area (Å²) in [5.41, 5.74) is 2.44. The number of benzene rings is 1. The molecule has 0 saturated carbocycles. The molecule has 0 aliphatic carbocycles. The van der Waals surface area contributed by atoms with E-state index in [1.807, 2.05) is 18.2 Å². The van der Waals surface area contributed by atoms with Crippen LogP contribution in [0.25, 0.3) is 11.3 Å². The maximum Gasteiger partial charge on any atom is 0.240 e. The first kappa shape index (κ1) is 15.3. The van der Waals surface area contributed by atoms with Gasteiger partial charge in [0.2, 0.25) is 10.0 Å². The highest BCUT2D eigenvalue weighted by Crippen LogP contribution is 2.20. The molecule has 0 amide bonds. The van der Waals surface area contributed by atoms with Gasteiger partial charge in [0.15, 0.2) is 0 Å². The Balaban J connectivity index is 1.85. The van der Waals surface area contributed by atoms with E-state index in [1.165, 1.54) is 0 Å². The van der Waals surface area contributed by atoms with E-state index in [0.29, 0.717) is 0 Å². The van der Waals surface area contributed by atoms with Gasteiger partial charge in [0.25, 0.3) is 0 Å². The summed E-state index contributed by atoms with van der Waals surface area (Å²) in [4.78, 5) is 8.59. The summed E-state index contributed by atoms with van der Waals surface area (Å²) < 4.78 is 27.2. The maximum atomic E-state index is 12.3. The zero-order valence-electron chi connectivity index (χ0n) is 12.3. The van der Waals surface area contributed by atoms with Crippen LogP contribution in [0.3, 0.4) is 0 Å². The Hall–Kier alpha value is -2.57. The molecule has 1 aromatic carbocycles. The summed E-state index contributed by atoms with van der Waals surface area (Å²) >= 11 is 0. The standard InChI is InChI=1S/C17H15N3O2S/c21-23(22,16-6-2-1-3-7-16)20-13-15-5-4-10-19-17(15)14-8-11-18-12-9-14/h1-12,20H,13H2. The number of aromatic nitrogens is 2. The van der Waals surface area contributed by atoms with Crippen molar-refractivity contribution in [2.24, 2.45) is 0 Å². The van der Waals surface area contributed by atoms with Crippen LogP contribution >= 0.6 is 0 Å². The van der Waals surface area contributed by atoms with Gasteiger partial charge in [-0.2, -0.15) is 0 Å². The number of pyridine rings is 2. The van der Waals surface area contributed by atoms with E-state index in [9.17, 15) is 8.42 Å². The van der Waals surface area contributed by atoms with Crippen LogP contribution in [-0.4, -0.2) is 18.4 Å². The summed E-state index contributed by atoms with van der Waals surface area (Å²) in [7, 11) is -3.55. The highest BCUT2D eigenvalue weighted by atomic mass is 32.2. The van der Waals surface area contributed by atoms with Crippen molar-refractivity contribution in [2.45, 2.75) is 11.4 Å². The normalized spacial score (nSPS) is 11.3. The molecular weight excluding hydrogens is 310 g/mol. The van der Waals surface area contributed by atoms with Crippen LogP contribution in [0.2, 0.25) is 0 Å². The van der Waals surface area contributed by atoms with E-state index >= 15 is 0 Å². The molecule has 0 aliphatic rings. The molecule has 6 heteroatoms. The Morgan fingerprint density at radius 3 is 2.35 bits per heavy atom. The number of nitrogens with one attached hydrogen (secondary N) is 1. The van der Waals surface area contributed by atoms with Gasteiger partial charge in [-0.25, -0.2) is 13.1 Å². The van der Waals surface area contributed by atoms with Gasteiger partial charge in [-0.1, -0.05) is 24.3 Å². The number of hydrogen-bond donors (Lipinski definition) is 1. The fourth-order valence-electron chi connectivity index (χ4n) is 2.21. The topological polar surface area (TPSA) is 72.0 Å². The molecule has 0 aliphatic heterocycles. The lowest BCUT2D eigenvalue weighted by atomic mass is 10.1. The van der Waals surface area contributed by atoms with Crippen molar-refractivity contribution in [3.8, 4) is 11.3 Å². The molecule has 0 bridgehead atoms. The minimum atomic E-state index is -3.55. The fraction of sp³-hybridized carbons (Fsp3) is 0.0588. The van der Waals surface area contributed by atoms with Gasteiger partial charge < -0.3 is 0 Å². The molecule has 2 heterocycles. The first-order valence-electron chi connectivity index (χ1n) is 7.06. The van der Waals surface area contributed by atoms with Crippen LogP contribution in [0, 0.1) is 0 Å². The predicted octanol–water partition coefficient (Wildman–Crippen LogP) is 2.62. The van der Waals surface area contributed by atoms with Gasteiger partial charge in [-0.05, 0) is 35.9 Å². The molecule has 0 spiro atoms. The van der Waals surface area contributed by atoms with Crippen LogP contribution in [0.1, 0.15) is 5.56 Å². The van der Waals surface area contributed by atoms with Gasteiger partial charge in [0.05, 0.1) is 10.6 Å². The highest BCUT2D eigenvalue weighted by molar-refractivity contribution is 7.89. The van der Waals surface area contributed by atoms with Crippen LogP contribution in [0.5, 0.6) is 0 Å². The molecule has 0 fully saturated rings. The molecule has 0 radical (unpaired) electrons. The third kappa shape index (κ3) is 3.61. The first-order chi connectivity index (χ1) is 11.2.